The molecule has 1 heterocycles. The fourth-order valence-corrected chi connectivity index (χ4v) is 2.62. The number of fused-ring (bicyclic) bond motifs is 1. The van der Waals surface area contributed by atoms with Gasteiger partial charge < -0.3 is 4.57 Å². The van der Waals surface area contributed by atoms with Crippen molar-refractivity contribution in [2.45, 2.75) is 6.54 Å². The van der Waals surface area contributed by atoms with E-state index in [-0.39, 0.29) is 5.56 Å². The minimum atomic E-state index is -0.438. The molecule has 0 atom stereocenters. The van der Waals surface area contributed by atoms with Crippen molar-refractivity contribution in [1.82, 2.24) is 4.57 Å². The zero-order chi connectivity index (χ0) is 14.1. The molecule has 1 aromatic heterocycles. The van der Waals surface area contributed by atoms with Crippen LogP contribution in [0.3, 0.4) is 0 Å². The molecule has 3 aromatic rings. The summed E-state index contributed by atoms with van der Waals surface area (Å²) < 4.78 is 17.1. The van der Waals surface area contributed by atoms with E-state index in [0.29, 0.717) is 12.1 Å². The van der Waals surface area contributed by atoms with Gasteiger partial charge in [0.25, 0.3) is 0 Å². The van der Waals surface area contributed by atoms with Gasteiger partial charge in [0.15, 0.2) is 0 Å². The predicted octanol–water partition coefficient (Wildman–Crippen LogP) is 4.46. The Kier molecular flexibility index (Phi) is 3.29. The second-order valence-corrected chi connectivity index (χ2v) is 5.45. The number of nitrogens with zero attached hydrogens (tertiary/aromatic N) is 2. The lowest BCUT2D eigenvalue weighted by molar-refractivity contribution is 0.598. The summed E-state index contributed by atoms with van der Waals surface area (Å²) in [4.78, 5) is 0. The van der Waals surface area contributed by atoms with Crippen LogP contribution in [0.1, 0.15) is 11.1 Å². The Balaban J connectivity index is 2.06. The molecular formula is C16H10BrFN2. The molecule has 0 fully saturated rings. The molecule has 0 spiro atoms. The zero-order valence-corrected chi connectivity index (χ0v) is 12.1. The molecule has 0 aliphatic carbocycles. The van der Waals surface area contributed by atoms with Crippen molar-refractivity contribution in [3.63, 3.8) is 0 Å². The van der Waals surface area contributed by atoms with Crippen molar-refractivity contribution in [2.75, 3.05) is 0 Å². The van der Waals surface area contributed by atoms with E-state index in [1.165, 1.54) is 6.07 Å². The summed E-state index contributed by atoms with van der Waals surface area (Å²) in [6.45, 7) is 0.404. The van der Waals surface area contributed by atoms with Gasteiger partial charge in [0.2, 0.25) is 0 Å². The third-order valence-corrected chi connectivity index (χ3v) is 3.77. The molecule has 0 radical (unpaired) electrons. The lowest BCUT2D eigenvalue weighted by Crippen LogP contribution is -2.02. The summed E-state index contributed by atoms with van der Waals surface area (Å²) in [6, 6.07) is 14.8. The third kappa shape index (κ3) is 2.21. The average molecular weight is 329 g/mol. The molecule has 3 rings (SSSR count). The first-order valence-corrected chi connectivity index (χ1v) is 6.90. The number of hydrogen-bond donors (Lipinski definition) is 0. The van der Waals surface area contributed by atoms with Crippen molar-refractivity contribution in [3.8, 4) is 6.07 Å². The first-order valence-electron chi connectivity index (χ1n) is 6.11. The van der Waals surface area contributed by atoms with Gasteiger partial charge in [-0.3, -0.25) is 0 Å². The van der Waals surface area contributed by atoms with Gasteiger partial charge in [0.05, 0.1) is 12.1 Å². The van der Waals surface area contributed by atoms with Gasteiger partial charge in [-0.25, -0.2) is 4.39 Å². The number of halogens is 2. The van der Waals surface area contributed by atoms with E-state index in [4.69, 9.17) is 5.26 Å². The second-order valence-electron chi connectivity index (χ2n) is 4.54. The number of hydrogen-bond acceptors (Lipinski definition) is 1. The molecule has 98 valence electrons. The Hall–Kier alpha value is -2.12. The molecule has 0 aliphatic rings. The average Bonchev–Trinajstić information content (AvgIpc) is 2.83. The maximum atomic E-state index is 14.1. The van der Waals surface area contributed by atoms with Crippen LogP contribution in [0.15, 0.2) is 53.1 Å². The van der Waals surface area contributed by atoms with E-state index in [0.717, 1.165) is 15.4 Å². The molecule has 20 heavy (non-hydrogen) atoms. The van der Waals surface area contributed by atoms with E-state index < -0.39 is 5.82 Å². The standard InChI is InChI=1S/C16H10BrFN2/c17-14-5-4-11-6-7-20(15(11)8-14)10-13-3-1-2-12(9-19)16(13)18/h1-8H,10H2. The van der Waals surface area contributed by atoms with Crippen LogP contribution in [0.4, 0.5) is 4.39 Å². The van der Waals surface area contributed by atoms with Crippen LogP contribution in [0.2, 0.25) is 0 Å². The summed E-state index contributed by atoms with van der Waals surface area (Å²) in [7, 11) is 0. The van der Waals surface area contributed by atoms with Crippen molar-refractivity contribution in [1.29, 1.82) is 5.26 Å². The topological polar surface area (TPSA) is 28.7 Å². The van der Waals surface area contributed by atoms with Crippen molar-refractivity contribution >= 4 is 26.8 Å². The van der Waals surface area contributed by atoms with E-state index in [2.05, 4.69) is 15.9 Å². The minimum absolute atomic E-state index is 0.0835. The van der Waals surface area contributed by atoms with Crippen LogP contribution in [-0.2, 0) is 6.54 Å². The summed E-state index contributed by atoms with van der Waals surface area (Å²) in [5, 5.41) is 9.98. The van der Waals surface area contributed by atoms with Crippen LogP contribution >= 0.6 is 15.9 Å². The van der Waals surface area contributed by atoms with Crippen LogP contribution in [0.25, 0.3) is 10.9 Å². The molecule has 0 saturated heterocycles. The SMILES string of the molecule is N#Cc1cccc(Cn2ccc3ccc(Br)cc32)c1F. The molecule has 2 aromatic carbocycles. The predicted molar refractivity (Wildman–Crippen MR) is 79.9 cm³/mol. The van der Waals surface area contributed by atoms with Crippen LogP contribution in [-0.4, -0.2) is 4.57 Å². The van der Waals surface area contributed by atoms with Gasteiger partial charge in [-0.1, -0.05) is 34.1 Å². The summed E-state index contributed by atoms with van der Waals surface area (Å²) in [6.07, 6.45) is 1.93. The van der Waals surface area contributed by atoms with Gasteiger partial charge >= 0.3 is 0 Å². The summed E-state index contributed by atoms with van der Waals surface area (Å²) >= 11 is 3.44. The number of rotatable bonds is 2. The molecular weight excluding hydrogens is 319 g/mol. The van der Waals surface area contributed by atoms with E-state index in [1.54, 1.807) is 12.1 Å². The smallest absolute Gasteiger partial charge is 0.145 e. The van der Waals surface area contributed by atoms with Crippen LogP contribution in [0, 0.1) is 17.1 Å². The first kappa shape index (κ1) is 12.9. The summed E-state index contributed by atoms with van der Waals surface area (Å²) in [5.74, 6) is -0.438. The molecule has 0 unspecified atom stereocenters. The minimum Gasteiger partial charge on any atom is -0.343 e. The molecule has 0 amide bonds. The quantitative estimate of drug-likeness (QED) is 0.682. The largest absolute Gasteiger partial charge is 0.343 e. The lowest BCUT2D eigenvalue weighted by Gasteiger charge is -2.08. The van der Waals surface area contributed by atoms with Gasteiger partial charge in [0.1, 0.15) is 11.9 Å². The Morgan fingerprint density at radius 3 is 2.85 bits per heavy atom. The monoisotopic (exact) mass is 328 g/mol. The van der Waals surface area contributed by atoms with Crippen molar-refractivity contribution in [2.24, 2.45) is 0 Å². The highest BCUT2D eigenvalue weighted by molar-refractivity contribution is 9.10. The Labute approximate surface area is 124 Å². The van der Waals surface area contributed by atoms with Gasteiger partial charge in [-0.15, -0.1) is 0 Å². The number of benzene rings is 2. The number of aromatic nitrogens is 1. The third-order valence-electron chi connectivity index (χ3n) is 3.28. The fraction of sp³-hybridized carbons (Fsp3) is 0.0625. The highest BCUT2D eigenvalue weighted by Crippen LogP contribution is 2.22. The van der Waals surface area contributed by atoms with Crippen molar-refractivity contribution in [3.05, 3.63) is 70.1 Å². The normalized spacial score (nSPS) is 10.7. The van der Waals surface area contributed by atoms with Crippen LogP contribution < -0.4 is 0 Å². The van der Waals surface area contributed by atoms with E-state index in [1.807, 2.05) is 41.1 Å². The van der Waals surface area contributed by atoms with Gasteiger partial charge in [-0.05, 0) is 29.7 Å². The Morgan fingerprint density at radius 1 is 1.20 bits per heavy atom. The highest BCUT2D eigenvalue weighted by Gasteiger charge is 2.09. The Bertz CT molecular complexity index is 830. The summed E-state index contributed by atoms with van der Waals surface area (Å²) in [5.41, 5.74) is 1.63. The Morgan fingerprint density at radius 2 is 2.05 bits per heavy atom. The maximum absolute atomic E-state index is 14.1. The maximum Gasteiger partial charge on any atom is 0.145 e. The fourth-order valence-electron chi connectivity index (χ4n) is 2.27. The van der Waals surface area contributed by atoms with E-state index in [9.17, 15) is 4.39 Å². The van der Waals surface area contributed by atoms with E-state index >= 15 is 0 Å². The highest BCUT2D eigenvalue weighted by atomic mass is 79.9. The van der Waals surface area contributed by atoms with Gasteiger partial charge in [0, 0.05) is 21.7 Å². The first-order chi connectivity index (χ1) is 9.69. The molecule has 4 heteroatoms. The van der Waals surface area contributed by atoms with Crippen molar-refractivity contribution < 1.29 is 4.39 Å². The molecule has 0 bridgehead atoms. The van der Waals surface area contributed by atoms with Gasteiger partial charge in [-0.2, -0.15) is 5.26 Å². The zero-order valence-electron chi connectivity index (χ0n) is 10.5. The lowest BCUT2D eigenvalue weighted by atomic mass is 10.1. The number of nitriles is 1. The second kappa shape index (κ2) is 5.10. The molecule has 0 saturated carbocycles. The molecule has 0 N–H and O–H groups in total. The molecule has 2 nitrogen and oxygen atoms in total. The molecule has 0 aliphatic heterocycles. The van der Waals surface area contributed by atoms with Crippen LogP contribution in [0.5, 0.6) is 0 Å².